The molecule has 0 aliphatic heterocycles. The molecule has 0 radical (unpaired) electrons. The highest BCUT2D eigenvalue weighted by molar-refractivity contribution is 7.09. The van der Waals surface area contributed by atoms with Gasteiger partial charge in [0.2, 0.25) is 0 Å². The molecular weight excluding hydrogens is 190 g/mol. The third-order valence-electron chi connectivity index (χ3n) is 2.37. The lowest BCUT2D eigenvalue weighted by Gasteiger charge is -2.22. The molecule has 0 aromatic carbocycles. The van der Waals surface area contributed by atoms with Gasteiger partial charge in [0.25, 0.3) is 0 Å². The van der Waals surface area contributed by atoms with Crippen LogP contribution in [0.15, 0.2) is 5.38 Å². The number of aryl methyl sites for hydroxylation is 1. The Bertz CT molecular complexity index is 255. The maximum absolute atomic E-state index is 5.64. The molecule has 1 aliphatic rings. The van der Waals surface area contributed by atoms with E-state index in [1.807, 2.05) is 0 Å². The predicted octanol–water partition coefficient (Wildman–Crippen LogP) is 3.19. The van der Waals surface area contributed by atoms with Crippen molar-refractivity contribution in [3.8, 4) is 0 Å². The van der Waals surface area contributed by atoms with E-state index in [0.717, 1.165) is 12.3 Å². The van der Waals surface area contributed by atoms with Crippen LogP contribution < -0.4 is 0 Å². The van der Waals surface area contributed by atoms with Gasteiger partial charge < -0.3 is 0 Å². The van der Waals surface area contributed by atoms with Gasteiger partial charge in [-0.05, 0) is 12.8 Å². The number of nitrogens with zero attached hydrogens (tertiary/aromatic N) is 1. The molecule has 0 bridgehead atoms. The van der Waals surface area contributed by atoms with E-state index in [9.17, 15) is 0 Å². The lowest BCUT2D eigenvalue weighted by molar-refractivity contribution is 0.418. The molecule has 1 nitrogen and oxygen atoms in total. The molecular formula is C9H12ClNS. The van der Waals surface area contributed by atoms with Gasteiger partial charge in [-0.15, -0.1) is 22.9 Å². The minimum absolute atomic E-state index is 0.688. The van der Waals surface area contributed by atoms with Crippen molar-refractivity contribution in [2.75, 3.05) is 5.88 Å². The zero-order valence-corrected chi connectivity index (χ0v) is 8.50. The molecule has 0 amide bonds. The number of alkyl halides is 1. The second-order valence-electron chi connectivity index (χ2n) is 3.24. The van der Waals surface area contributed by atoms with Gasteiger partial charge in [0.15, 0.2) is 0 Å². The fourth-order valence-electron chi connectivity index (χ4n) is 1.38. The van der Waals surface area contributed by atoms with Crippen LogP contribution in [0.1, 0.15) is 35.9 Å². The molecule has 0 atom stereocenters. The Hall–Kier alpha value is -0.0800. The smallest absolute Gasteiger partial charge is 0.0959 e. The Kier molecular flexibility index (Phi) is 2.66. The summed E-state index contributed by atoms with van der Waals surface area (Å²) in [4.78, 5) is 4.56. The molecule has 0 unspecified atom stereocenters. The van der Waals surface area contributed by atoms with Crippen molar-refractivity contribution in [1.29, 1.82) is 0 Å². The van der Waals surface area contributed by atoms with E-state index < -0.39 is 0 Å². The maximum Gasteiger partial charge on any atom is 0.0959 e. The van der Waals surface area contributed by atoms with E-state index in [4.69, 9.17) is 11.6 Å². The largest absolute Gasteiger partial charge is 0.246 e. The second-order valence-corrected chi connectivity index (χ2v) is 4.51. The number of aromatic nitrogens is 1. The van der Waals surface area contributed by atoms with Crippen molar-refractivity contribution in [3.05, 3.63) is 16.1 Å². The zero-order valence-electron chi connectivity index (χ0n) is 6.92. The summed E-state index contributed by atoms with van der Waals surface area (Å²) in [6.07, 6.45) is 4.99. The summed E-state index contributed by atoms with van der Waals surface area (Å²) in [5, 5.41) is 3.48. The molecule has 0 spiro atoms. The van der Waals surface area contributed by atoms with Gasteiger partial charge in [0.05, 0.1) is 10.7 Å². The fourth-order valence-corrected chi connectivity index (χ4v) is 2.60. The first kappa shape index (κ1) is 8.52. The molecule has 1 fully saturated rings. The average Bonchev–Trinajstić information content (AvgIpc) is 2.34. The molecule has 1 saturated carbocycles. The third kappa shape index (κ3) is 1.64. The minimum atomic E-state index is 0.688. The fraction of sp³-hybridized carbons (Fsp3) is 0.667. The summed E-state index contributed by atoms with van der Waals surface area (Å²) in [5.74, 6) is 1.47. The second kappa shape index (κ2) is 3.75. The molecule has 1 aromatic heterocycles. The molecule has 2 rings (SSSR count). The van der Waals surface area contributed by atoms with E-state index in [1.54, 1.807) is 11.3 Å². The van der Waals surface area contributed by atoms with Crippen molar-refractivity contribution in [2.24, 2.45) is 0 Å². The molecule has 66 valence electrons. The monoisotopic (exact) mass is 201 g/mol. The lowest BCUT2D eigenvalue weighted by Crippen LogP contribution is -2.08. The molecule has 1 aromatic rings. The zero-order chi connectivity index (χ0) is 8.39. The number of thiazole rings is 1. The first-order chi connectivity index (χ1) is 5.90. The van der Waals surface area contributed by atoms with Crippen LogP contribution in [-0.2, 0) is 6.42 Å². The summed E-state index contributed by atoms with van der Waals surface area (Å²) < 4.78 is 0. The van der Waals surface area contributed by atoms with E-state index in [1.165, 1.54) is 30.0 Å². The van der Waals surface area contributed by atoms with Crippen molar-refractivity contribution in [1.82, 2.24) is 4.98 Å². The number of hydrogen-bond acceptors (Lipinski definition) is 2. The third-order valence-corrected chi connectivity index (χ3v) is 3.62. The van der Waals surface area contributed by atoms with Crippen LogP contribution in [0.2, 0.25) is 0 Å². The maximum atomic E-state index is 5.64. The SMILES string of the molecule is ClCCc1csc(C2CCC2)n1. The number of halogens is 1. The van der Waals surface area contributed by atoms with Crippen LogP contribution in [0.3, 0.4) is 0 Å². The van der Waals surface area contributed by atoms with E-state index in [0.29, 0.717) is 5.88 Å². The molecule has 1 aliphatic carbocycles. The summed E-state index contributed by atoms with van der Waals surface area (Å²) in [6.45, 7) is 0. The van der Waals surface area contributed by atoms with Gasteiger partial charge in [0.1, 0.15) is 0 Å². The Balaban J connectivity index is 2.02. The van der Waals surface area contributed by atoms with Gasteiger partial charge >= 0.3 is 0 Å². The van der Waals surface area contributed by atoms with E-state index >= 15 is 0 Å². The van der Waals surface area contributed by atoms with Crippen LogP contribution in [0, 0.1) is 0 Å². The highest BCUT2D eigenvalue weighted by Crippen LogP contribution is 2.37. The Morgan fingerprint density at radius 2 is 2.42 bits per heavy atom. The summed E-state index contributed by atoms with van der Waals surface area (Å²) in [7, 11) is 0. The van der Waals surface area contributed by atoms with E-state index in [2.05, 4.69) is 10.4 Å². The Morgan fingerprint density at radius 3 is 3.00 bits per heavy atom. The quantitative estimate of drug-likeness (QED) is 0.685. The Morgan fingerprint density at radius 1 is 1.58 bits per heavy atom. The minimum Gasteiger partial charge on any atom is -0.246 e. The van der Waals surface area contributed by atoms with Crippen LogP contribution in [-0.4, -0.2) is 10.9 Å². The van der Waals surface area contributed by atoms with Crippen LogP contribution in [0.5, 0.6) is 0 Å². The summed E-state index contributed by atoms with van der Waals surface area (Å²) in [6, 6.07) is 0. The van der Waals surface area contributed by atoms with Crippen molar-refractivity contribution in [2.45, 2.75) is 31.6 Å². The molecule has 0 N–H and O–H groups in total. The van der Waals surface area contributed by atoms with Gasteiger partial charge in [-0.25, -0.2) is 4.98 Å². The van der Waals surface area contributed by atoms with Gasteiger partial charge in [-0.2, -0.15) is 0 Å². The number of hydrogen-bond donors (Lipinski definition) is 0. The molecule has 1 heterocycles. The summed E-state index contributed by atoms with van der Waals surface area (Å²) >= 11 is 7.44. The average molecular weight is 202 g/mol. The first-order valence-corrected chi connectivity index (χ1v) is 5.82. The standard InChI is InChI=1S/C9H12ClNS/c10-5-4-8-6-12-9(11-8)7-2-1-3-7/h6-7H,1-5H2. The predicted molar refractivity (Wildman–Crippen MR) is 53.1 cm³/mol. The van der Waals surface area contributed by atoms with E-state index in [-0.39, 0.29) is 0 Å². The van der Waals surface area contributed by atoms with Crippen LogP contribution >= 0.6 is 22.9 Å². The van der Waals surface area contributed by atoms with Gasteiger partial charge in [-0.3, -0.25) is 0 Å². The van der Waals surface area contributed by atoms with Crippen LogP contribution in [0.4, 0.5) is 0 Å². The topological polar surface area (TPSA) is 12.9 Å². The van der Waals surface area contributed by atoms with Crippen molar-refractivity contribution >= 4 is 22.9 Å². The Labute approximate surface area is 81.8 Å². The highest BCUT2D eigenvalue weighted by Gasteiger charge is 2.22. The molecule has 12 heavy (non-hydrogen) atoms. The van der Waals surface area contributed by atoms with Crippen molar-refractivity contribution < 1.29 is 0 Å². The highest BCUT2D eigenvalue weighted by atomic mass is 35.5. The lowest BCUT2D eigenvalue weighted by atomic mass is 9.86. The molecule has 0 saturated heterocycles. The van der Waals surface area contributed by atoms with Crippen molar-refractivity contribution in [3.63, 3.8) is 0 Å². The normalized spacial score (nSPS) is 17.8. The van der Waals surface area contributed by atoms with Crippen LogP contribution in [0.25, 0.3) is 0 Å². The van der Waals surface area contributed by atoms with Gasteiger partial charge in [0, 0.05) is 23.6 Å². The first-order valence-electron chi connectivity index (χ1n) is 4.40. The summed E-state index contributed by atoms with van der Waals surface area (Å²) in [5.41, 5.74) is 1.18. The van der Waals surface area contributed by atoms with Gasteiger partial charge in [-0.1, -0.05) is 6.42 Å². The number of rotatable bonds is 3. The molecule has 3 heteroatoms.